The molecule has 0 amide bonds. The molecule has 1 fully saturated rings. The van der Waals surface area contributed by atoms with Gasteiger partial charge in [0.25, 0.3) is 0 Å². The Morgan fingerprint density at radius 3 is 2.63 bits per heavy atom. The van der Waals surface area contributed by atoms with E-state index in [0.717, 1.165) is 25.0 Å². The van der Waals surface area contributed by atoms with Crippen LogP contribution in [0.2, 0.25) is 0 Å². The van der Waals surface area contributed by atoms with E-state index in [-0.39, 0.29) is 10.8 Å². The maximum atomic E-state index is 6.45. The van der Waals surface area contributed by atoms with E-state index in [0.29, 0.717) is 6.10 Å². The van der Waals surface area contributed by atoms with Crippen LogP contribution in [-0.4, -0.2) is 11.5 Å². The molecule has 1 aromatic rings. The topological polar surface area (TPSA) is 9.23 Å². The molecule has 1 aromatic carbocycles. The van der Waals surface area contributed by atoms with Crippen LogP contribution in [0.15, 0.2) is 18.2 Å². The van der Waals surface area contributed by atoms with Crippen molar-refractivity contribution in [3.05, 3.63) is 29.3 Å². The van der Waals surface area contributed by atoms with Crippen LogP contribution in [0, 0.1) is 5.41 Å². The van der Waals surface area contributed by atoms with Gasteiger partial charge in [0.05, 0.1) is 0 Å². The van der Waals surface area contributed by atoms with E-state index in [2.05, 4.69) is 32.0 Å². The Morgan fingerprint density at radius 1 is 1.21 bits per heavy atom. The van der Waals surface area contributed by atoms with Crippen molar-refractivity contribution in [2.45, 2.75) is 63.9 Å². The van der Waals surface area contributed by atoms with E-state index in [4.69, 9.17) is 16.3 Å². The molecule has 0 radical (unpaired) electrons. The first-order chi connectivity index (χ1) is 9.19. The molecule has 0 aromatic heterocycles. The van der Waals surface area contributed by atoms with Crippen molar-refractivity contribution in [2.24, 2.45) is 5.41 Å². The van der Waals surface area contributed by atoms with Crippen molar-refractivity contribution >= 4 is 11.6 Å². The average molecular weight is 279 g/mol. The van der Waals surface area contributed by atoms with Gasteiger partial charge >= 0.3 is 0 Å². The van der Waals surface area contributed by atoms with Crippen molar-refractivity contribution in [3.8, 4) is 5.75 Å². The second-order valence-corrected chi connectivity index (χ2v) is 6.56. The van der Waals surface area contributed by atoms with Gasteiger partial charge in [-0.05, 0) is 55.4 Å². The molecule has 0 aliphatic heterocycles. The largest absolute Gasteiger partial charge is 0.490 e. The van der Waals surface area contributed by atoms with Crippen LogP contribution in [0.4, 0.5) is 0 Å². The minimum Gasteiger partial charge on any atom is -0.490 e. The van der Waals surface area contributed by atoms with Crippen LogP contribution in [0.5, 0.6) is 5.75 Å². The number of alkyl halides is 1. The summed E-state index contributed by atoms with van der Waals surface area (Å²) in [6, 6.07) is 6.63. The van der Waals surface area contributed by atoms with Gasteiger partial charge in [-0.2, -0.15) is 0 Å². The minimum absolute atomic E-state index is 0.181. The summed E-state index contributed by atoms with van der Waals surface area (Å²) in [4.78, 5) is 0. The summed E-state index contributed by atoms with van der Waals surface area (Å²) >= 11 is 6.45. The summed E-state index contributed by atoms with van der Waals surface area (Å²) in [5, 5.41) is 0.280. The van der Waals surface area contributed by atoms with Crippen LogP contribution < -0.4 is 4.74 Å². The van der Waals surface area contributed by atoms with Gasteiger partial charge in [0.1, 0.15) is 11.9 Å². The SMILES string of the molecule is CCC1(CC)C(Cl)CC1Oc1ccc2c(c1)CCC2. The van der Waals surface area contributed by atoms with Crippen LogP contribution in [0.1, 0.15) is 50.7 Å². The first kappa shape index (κ1) is 13.3. The molecule has 0 saturated heterocycles. The predicted molar refractivity (Wildman–Crippen MR) is 80.2 cm³/mol. The third-order valence-electron chi connectivity index (χ3n) is 5.35. The Kier molecular flexibility index (Phi) is 3.51. The van der Waals surface area contributed by atoms with Crippen LogP contribution in [-0.2, 0) is 12.8 Å². The zero-order valence-electron chi connectivity index (χ0n) is 11.9. The summed E-state index contributed by atoms with van der Waals surface area (Å²) in [6.07, 6.45) is 7.23. The normalized spacial score (nSPS) is 27.7. The molecule has 104 valence electrons. The molecule has 2 heteroatoms. The molecule has 1 nitrogen and oxygen atoms in total. The number of fused-ring (bicyclic) bond motifs is 1. The van der Waals surface area contributed by atoms with E-state index in [1.165, 1.54) is 30.4 Å². The molecule has 0 bridgehead atoms. The molecule has 2 aliphatic rings. The quantitative estimate of drug-likeness (QED) is 0.723. The van der Waals surface area contributed by atoms with Crippen LogP contribution in [0.3, 0.4) is 0 Å². The maximum Gasteiger partial charge on any atom is 0.120 e. The lowest BCUT2D eigenvalue weighted by atomic mass is 9.62. The van der Waals surface area contributed by atoms with Crippen molar-refractivity contribution in [1.82, 2.24) is 0 Å². The molecule has 2 atom stereocenters. The lowest BCUT2D eigenvalue weighted by Crippen LogP contribution is -2.56. The van der Waals surface area contributed by atoms with Gasteiger partial charge in [-0.3, -0.25) is 0 Å². The summed E-state index contributed by atoms with van der Waals surface area (Å²) in [5.74, 6) is 1.04. The third-order valence-corrected chi connectivity index (χ3v) is 5.96. The fraction of sp³-hybridized carbons (Fsp3) is 0.647. The van der Waals surface area contributed by atoms with Crippen molar-refractivity contribution in [2.75, 3.05) is 0 Å². The monoisotopic (exact) mass is 278 g/mol. The van der Waals surface area contributed by atoms with E-state index in [9.17, 15) is 0 Å². The zero-order valence-corrected chi connectivity index (χ0v) is 12.7. The van der Waals surface area contributed by atoms with Crippen molar-refractivity contribution in [3.63, 3.8) is 0 Å². The van der Waals surface area contributed by atoms with E-state index >= 15 is 0 Å². The Morgan fingerprint density at radius 2 is 1.95 bits per heavy atom. The smallest absolute Gasteiger partial charge is 0.120 e. The molecule has 3 rings (SSSR count). The van der Waals surface area contributed by atoms with Gasteiger partial charge in [0, 0.05) is 17.2 Å². The summed E-state index contributed by atoms with van der Waals surface area (Å²) in [7, 11) is 0. The molecule has 1 saturated carbocycles. The highest BCUT2D eigenvalue weighted by atomic mass is 35.5. The number of benzene rings is 1. The van der Waals surface area contributed by atoms with E-state index < -0.39 is 0 Å². The molecule has 0 heterocycles. The van der Waals surface area contributed by atoms with E-state index in [1.807, 2.05) is 0 Å². The first-order valence-electron chi connectivity index (χ1n) is 7.62. The van der Waals surface area contributed by atoms with Gasteiger partial charge in [0.2, 0.25) is 0 Å². The number of ether oxygens (including phenoxy) is 1. The molecule has 19 heavy (non-hydrogen) atoms. The molecule has 2 unspecified atom stereocenters. The number of hydrogen-bond donors (Lipinski definition) is 0. The van der Waals surface area contributed by atoms with Crippen molar-refractivity contribution < 1.29 is 4.74 Å². The minimum atomic E-state index is 0.181. The maximum absolute atomic E-state index is 6.45. The van der Waals surface area contributed by atoms with Gasteiger partial charge in [-0.1, -0.05) is 19.9 Å². The van der Waals surface area contributed by atoms with Crippen molar-refractivity contribution in [1.29, 1.82) is 0 Å². The zero-order chi connectivity index (χ0) is 13.5. The fourth-order valence-electron chi connectivity index (χ4n) is 3.80. The third kappa shape index (κ3) is 2.07. The second-order valence-electron chi connectivity index (χ2n) is 6.03. The van der Waals surface area contributed by atoms with Crippen LogP contribution in [0.25, 0.3) is 0 Å². The lowest BCUT2D eigenvalue weighted by Gasteiger charge is -2.52. The van der Waals surface area contributed by atoms with Gasteiger partial charge in [0.15, 0.2) is 0 Å². The number of hydrogen-bond acceptors (Lipinski definition) is 1. The standard InChI is InChI=1S/C17H23ClO/c1-3-17(4-2)15(18)11-16(17)19-14-9-8-12-6-5-7-13(12)10-14/h8-10,15-16H,3-7,11H2,1-2H3. The fourth-order valence-corrected chi connectivity index (χ4v) is 4.41. The van der Waals surface area contributed by atoms with Gasteiger partial charge in [-0.25, -0.2) is 0 Å². The number of halogens is 1. The predicted octanol–water partition coefficient (Wildman–Crippen LogP) is 4.74. The summed E-state index contributed by atoms with van der Waals surface area (Å²) in [6.45, 7) is 4.47. The number of rotatable bonds is 4. The van der Waals surface area contributed by atoms with Crippen LogP contribution >= 0.6 is 11.6 Å². The Labute approximate surface area is 121 Å². The van der Waals surface area contributed by atoms with Gasteiger partial charge < -0.3 is 4.74 Å². The number of aryl methyl sites for hydroxylation is 2. The first-order valence-corrected chi connectivity index (χ1v) is 8.05. The van der Waals surface area contributed by atoms with Gasteiger partial charge in [-0.15, -0.1) is 11.6 Å². The Balaban J connectivity index is 1.75. The Bertz CT molecular complexity index is 464. The molecular weight excluding hydrogens is 256 g/mol. The highest BCUT2D eigenvalue weighted by molar-refractivity contribution is 6.21. The average Bonchev–Trinajstić information content (AvgIpc) is 2.87. The highest BCUT2D eigenvalue weighted by Gasteiger charge is 2.53. The van der Waals surface area contributed by atoms with E-state index in [1.54, 1.807) is 0 Å². The molecule has 0 spiro atoms. The summed E-state index contributed by atoms with van der Waals surface area (Å²) in [5.41, 5.74) is 3.17. The molecular formula is C17H23ClO. The Hall–Kier alpha value is -0.690. The second kappa shape index (κ2) is 5.01. The highest BCUT2D eigenvalue weighted by Crippen LogP contribution is 2.52. The lowest BCUT2D eigenvalue weighted by molar-refractivity contribution is -0.0462. The summed E-state index contributed by atoms with van der Waals surface area (Å²) < 4.78 is 6.26. The molecule has 2 aliphatic carbocycles. The molecule has 0 N–H and O–H groups in total.